The predicted molar refractivity (Wildman–Crippen MR) is 81.4 cm³/mol. The molecule has 116 valence electrons. The first-order valence-corrected chi connectivity index (χ1v) is 7.08. The molecule has 1 aromatic heterocycles. The van der Waals surface area contributed by atoms with E-state index in [1.807, 2.05) is 24.3 Å². The Morgan fingerprint density at radius 2 is 1.77 bits per heavy atom. The maximum absolute atomic E-state index is 10.9. The molecule has 2 aromatic rings. The first kappa shape index (κ1) is 14.2. The second-order valence-electron chi connectivity index (χ2n) is 5.34. The molecule has 2 N–H and O–H groups in total. The second-order valence-corrected chi connectivity index (χ2v) is 5.34. The minimum atomic E-state index is -0.874. The van der Waals surface area contributed by atoms with Crippen LogP contribution in [0.5, 0.6) is 0 Å². The largest absolute Gasteiger partial charge is 0.480 e. The van der Waals surface area contributed by atoms with Crippen LogP contribution in [0.1, 0.15) is 0 Å². The lowest BCUT2D eigenvalue weighted by Gasteiger charge is -2.34. The minimum absolute atomic E-state index is 0.0554. The van der Waals surface area contributed by atoms with Crippen molar-refractivity contribution >= 4 is 28.7 Å². The van der Waals surface area contributed by atoms with Gasteiger partial charge in [-0.15, -0.1) is 0 Å². The van der Waals surface area contributed by atoms with Gasteiger partial charge in [0, 0.05) is 49.0 Å². The number of anilines is 1. The summed E-state index contributed by atoms with van der Waals surface area (Å²) in [5.74, 6) is -0.869. The summed E-state index contributed by atoms with van der Waals surface area (Å²) in [7, 11) is 0. The Bertz CT molecular complexity index is 717. The van der Waals surface area contributed by atoms with Crippen molar-refractivity contribution < 1.29 is 19.8 Å². The van der Waals surface area contributed by atoms with E-state index in [0.29, 0.717) is 26.2 Å². The van der Waals surface area contributed by atoms with Crippen molar-refractivity contribution in [2.24, 2.45) is 0 Å². The summed E-state index contributed by atoms with van der Waals surface area (Å²) in [6, 6.07) is 7.79. The van der Waals surface area contributed by atoms with Gasteiger partial charge in [-0.1, -0.05) is 0 Å². The van der Waals surface area contributed by atoms with Crippen LogP contribution in [-0.2, 0) is 11.3 Å². The van der Waals surface area contributed by atoms with Crippen LogP contribution in [0.4, 0.5) is 10.5 Å². The molecule has 0 atom stereocenters. The average molecular weight is 303 g/mol. The minimum Gasteiger partial charge on any atom is -0.480 e. The topological polar surface area (TPSA) is 86.0 Å². The van der Waals surface area contributed by atoms with Crippen molar-refractivity contribution in [3.8, 4) is 0 Å². The van der Waals surface area contributed by atoms with Crippen LogP contribution in [0.25, 0.3) is 10.9 Å². The van der Waals surface area contributed by atoms with E-state index in [1.165, 1.54) is 4.90 Å². The van der Waals surface area contributed by atoms with Gasteiger partial charge < -0.3 is 24.6 Å². The fraction of sp³-hybridized carbons (Fsp3) is 0.333. The van der Waals surface area contributed by atoms with Gasteiger partial charge in [0.25, 0.3) is 0 Å². The SMILES string of the molecule is O=C(O)Cn1ccc2cc(N3CCN(C(=O)O)CC3)ccc21. The molecular formula is C15H17N3O4. The zero-order chi connectivity index (χ0) is 15.7. The number of nitrogens with zero attached hydrogens (tertiary/aromatic N) is 3. The third kappa shape index (κ3) is 2.69. The molecule has 0 unspecified atom stereocenters. The Morgan fingerprint density at radius 1 is 1.05 bits per heavy atom. The maximum Gasteiger partial charge on any atom is 0.407 e. The summed E-state index contributed by atoms with van der Waals surface area (Å²) < 4.78 is 1.70. The normalized spacial score (nSPS) is 15.3. The standard InChI is InChI=1S/C15H17N3O4/c19-14(20)10-18-4-3-11-9-12(1-2-13(11)18)16-5-7-17(8-6-16)15(21)22/h1-4,9H,5-8,10H2,(H,19,20)(H,21,22). The van der Waals surface area contributed by atoms with E-state index in [4.69, 9.17) is 10.2 Å². The molecule has 7 heteroatoms. The van der Waals surface area contributed by atoms with Crippen LogP contribution in [-0.4, -0.2) is 57.9 Å². The van der Waals surface area contributed by atoms with Gasteiger partial charge in [-0.05, 0) is 24.3 Å². The van der Waals surface area contributed by atoms with Gasteiger partial charge in [0.2, 0.25) is 0 Å². The number of hydrogen-bond acceptors (Lipinski definition) is 3. The molecule has 1 saturated heterocycles. The zero-order valence-corrected chi connectivity index (χ0v) is 12.0. The highest BCUT2D eigenvalue weighted by molar-refractivity contribution is 5.85. The van der Waals surface area contributed by atoms with E-state index < -0.39 is 12.1 Å². The van der Waals surface area contributed by atoms with Crippen molar-refractivity contribution in [2.75, 3.05) is 31.1 Å². The second kappa shape index (κ2) is 5.59. The first-order valence-electron chi connectivity index (χ1n) is 7.08. The number of aliphatic carboxylic acids is 1. The Kier molecular flexibility index (Phi) is 3.62. The number of hydrogen-bond donors (Lipinski definition) is 2. The summed E-state index contributed by atoms with van der Waals surface area (Å²) >= 11 is 0. The Balaban J connectivity index is 1.78. The van der Waals surface area contributed by atoms with Crippen LogP contribution in [0.3, 0.4) is 0 Å². The van der Waals surface area contributed by atoms with Gasteiger partial charge in [0.1, 0.15) is 6.54 Å². The van der Waals surface area contributed by atoms with E-state index in [0.717, 1.165) is 16.6 Å². The van der Waals surface area contributed by atoms with Gasteiger partial charge in [-0.3, -0.25) is 4.79 Å². The number of rotatable bonds is 3. The molecule has 0 aliphatic carbocycles. The monoisotopic (exact) mass is 303 g/mol. The van der Waals surface area contributed by atoms with E-state index in [2.05, 4.69) is 4.90 Å². The van der Waals surface area contributed by atoms with Crippen LogP contribution >= 0.6 is 0 Å². The summed E-state index contributed by atoms with van der Waals surface area (Å²) in [6.45, 7) is 2.25. The third-order valence-electron chi connectivity index (χ3n) is 3.98. The van der Waals surface area contributed by atoms with Crippen molar-refractivity contribution in [2.45, 2.75) is 6.54 Å². The molecule has 1 aromatic carbocycles. The van der Waals surface area contributed by atoms with Gasteiger partial charge >= 0.3 is 12.1 Å². The van der Waals surface area contributed by atoms with E-state index >= 15 is 0 Å². The molecule has 1 aliphatic heterocycles. The molecule has 1 fully saturated rings. The maximum atomic E-state index is 10.9. The van der Waals surface area contributed by atoms with Gasteiger partial charge in [0.05, 0.1) is 0 Å². The lowest BCUT2D eigenvalue weighted by atomic mass is 10.2. The van der Waals surface area contributed by atoms with Crippen molar-refractivity contribution in [1.82, 2.24) is 9.47 Å². The van der Waals surface area contributed by atoms with Crippen molar-refractivity contribution in [1.29, 1.82) is 0 Å². The summed E-state index contributed by atoms with van der Waals surface area (Å²) in [4.78, 5) is 25.3. The number of carboxylic acid groups (broad SMARTS) is 2. The fourth-order valence-corrected chi connectivity index (χ4v) is 2.82. The molecule has 7 nitrogen and oxygen atoms in total. The highest BCUT2D eigenvalue weighted by Gasteiger charge is 2.20. The molecular weight excluding hydrogens is 286 g/mol. The van der Waals surface area contributed by atoms with Crippen LogP contribution in [0.15, 0.2) is 30.5 Å². The van der Waals surface area contributed by atoms with Crippen LogP contribution in [0.2, 0.25) is 0 Å². The summed E-state index contributed by atoms with van der Waals surface area (Å²) in [6.07, 6.45) is 0.895. The number of piperazine rings is 1. The van der Waals surface area contributed by atoms with Gasteiger partial charge in [-0.25, -0.2) is 4.79 Å². The van der Waals surface area contributed by atoms with Gasteiger partial charge in [-0.2, -0.15) is 0 Å². The van der Waals surface area contributed by atoms with Crippen molar-refractivity contribution in [3.05, 3.63) is 30.5 Å². The van der Waals surface area contributed by atoms with E-state index in [1.54, 1.807) is 10.8 Å². The smallest absolute Gasteiger partial charge is 0.407 e. The number of amides is 1. The number of carboxylic acids is 1. The Hall–Kier alpha value is -2.70. The van der Waals surface area contributed by atoms with Gasteiger partial charge in [0.15, 0.2) is 0 Å². The number of benzene rings is 1. The number of fused-ring (bicyclic) bond motifs is 1. The highest BCUT2D eigenvalue weighted by Crippen LogP contribution is 2.24. The summed E-state index contributed by atoms with van der Waals surface area (Å²) in [5, 5.41) is 18.8. The third-order valence-corrected chi connectivity index (χ3v) is 3.98. The van der Waals surface area contributed by atoms with Crippen LogP contribution < -0.4 is 4.90 Å². The molecule has 0 saturated carbocycles. The molecule has 0 radical (unpaired) electrons. The highest BCUT2D eigenvalue weighted by atomic mass is 16.4. The molecule has 3 rings (SSSR count). The zero-order valence-electron chi connectivity index (χ0n) is 12.0. The number of aromatic nitrogens is 1. The fourth-order valence-electron chi connectivity index (χ4n) is 2.82. The molecule has 0 spiro atoms. The van der Waals surface area contributed by atoms with E-state index in [9.17, 15) is 9.59 Å². The quantitative estimate of drug-likeness (QED) is 0.898. The molecule has 1 amide bonds. The van der Waals surface area contributed by atoms with E-state index in [-0.39, 0.29) is 6.54 Å². The summed E-state index contributed by atoms with van der Waals surface area (Å²) in [5.41, 5.74) is 1.92. The molecule has 2 heterocycles. The lowest BCUT2D eigenvalue weighted by molar-refractivity contribution is -0.137. The first-order chi connectivity index (χ1) is 10.5. The molecule has 22 heavy (non-hydrogen) atoms. The molecule has 1 aliphatic rings. The predicted octanol–water partition coefficient (Wildman–Crippen LogP) is 1.53. The lowest BCUT2D eigenvalue weighted by Crippen LogP contribution is -2.48. The van der Waals surface area contributed by atoms with Crippen LogP contribution in [0, 0.1) is 0 Å². The Labute approximate surface area is 127 Å². The Morgan fingerprint density at radius 3 is 2.41 bits per heavy atom. The van der Waals surface area contributed by atoms with Crippen molar-refractivity contribution in [3.63, 3.8) is 0 Å². The number of carbonyl (C=O) groups is 2. The molecule has 0 bridgehead atoms. The average Bonchev–Trinajstić information content (AvgIpc) is 2.89.